The summed E-state index contributed by atoms with van der Waals surface area (Å²) in [5, 5.41) is 8.14. The molecule has 0 atom stereocenters. The van der Waals surface area contributed by atoms with Crippen molar-refractivity contribution in [1.29, 1.82) is 0 Å². The molecule has 1 aliphatic carbocycles. The number of carbonyl (C=O) groups excluding carboxylic acids is 2. The second kappa shape index (κ2) is 9.08. The van der Waals surface area contributed by atoms with Crippen molar-refractivity contribution >= 4 is 23.4 Å². The highest BCUT2D eigenvalue weighted by Crippen LogP contribution is 2.37. The molecule has 1 aliphatic rings. The summed E-state index contributed by atoms with van der Waals surface area (Å²) in [6, 6.07) is 11.9. The summed E-state index contributed by atoms with van der Waals surface area (Å²) < 4.78 is 46.2. The number of nitrogens with one attached hydrogen (secondary N) is 3. The number of para-hydroxylation sites is 1. The molecule has 1 heterocycles. The van der Waals surface area contributed by atoms with Gasteiger partial charge in [0.05, 0.1) is 23.8 Å². The molecule has 0 saturated heterocycles. The molecule has 0 aliphatic heterocycles. The molecule has 0 radical (unpaired) electrons. The fraction of sp³-hybridized carbons (Fsp3) is 0.261. The van der Waals surface area contributed by atoms with Crippen molar-refractivity contribution in [2.45, 2.75) is 31.1 Å². The van der Waals surface area contributed by atoms with Crippen LogP contribution in [-0.2, 0) is 24.6 Å². The van der Waals surface area contributed by atoms with Crippen LogP contribution in [0.15, 0.2) is 61.1 Å². The molecule has 2 aromatic carbocycles. The molecule has 178 valence electrons. The first-order valence-electron chi connectivity index (χ1n) is 10.4. The molecular formula is C23H22F3N5O3. The lowest BCUT2D eigenvalue weighted by atomic mass is 10.1. The molecule has 2 amide bonds. The van der Waals surface area contributed by atoms with Gasteiger partial charge in [-0.15, -0.1) is 0 Å². The highest BCUT2D eigenvalue weighted by molar-refractivity contribution is 5.93. The number of hydrogen-bond donors (Lipinski definition) is 3. The number of alkyl halides is 3. The van der Waals surface area contributed by atoms with Crippen LogP contribution in [0.5, 0.6) is 5.88 Å². The Labute approximate surface area is 193 Å². The first-order chi connectivity index (χ1) is 16.1. The van der Waals surface area contributed by atoms with Crippen molar-refractivity contribution in [3.05, 3.63) is 72.2 Å². The number of hydrogen-bond acceptors (Lipinski definition) is 5. The fourth-order valence-electron chi connectivity index (χ4n) is 3.34. The largest absolute Gasteiger partial charge is 0.418 e. The fourth-order valence-corrected chi connectivity index (χ4v) is 3.34. The maximum atomic E-state index is 13.2. The number of ether oxygens (including phenoxy) is 1. The summed E-state index contributed by atoms with van der Waals surface area (Å²) >= 11 is 0. The molecule has 1 fully saturated rings. The van der Waals surface area contributed by atoms with E-state index in [0.717, 1.165) is 11.6 Å². The van der Waals surface area contributed by atoms with E-state index in [1.807, 2.05) is 0 Å². The van der Waals surface area contributed by atoms with E-state index < -0.39 is 23.4 Å². The Morgan fingerprint density at radius 1 is 1.12 bits per heavy atom. The van der Waals surface area contributed by atoms with Crippen LogP contribution in [0.1, 0.15) is 24.0 Å². The van der Waals surface area contributed by atoms with E-state index in [4.69, 9.17) is 4.74 Å². The maximum Gasteiger partial charge on any atom is 0.418 e. The van der Waals surface area contributed by atoms with Crippen molar-refractivity contribution in [2.75, 3.05) is 5.32 Å². The lowest BCUT2D eigenvalue weighted by Gasteiger charge is -2.17. The van der Waals surface area contributed by atoms with Gasteiger partial charge in [-0.05, 0) is 42.7 Å². The van der Waals surface area contributed by atoms with Gasteiger partial charge < -0.3 is 25.3 Å². The van der Waals surface area contributed by atoms with Gasteiger partial charge in [0.15, 0.2) is 0 Å². The van der Waals surface area contributed by atoms with Crippen LogP contribution in [-0.4, -0.2) is 27.1 Å². The minimum Gasteiger partial charge on any atom is -0.390 e. The molecular weight excluding hydrogens is 451 g/mol. The van der Waals surface area contributed by atoms with Crippen molar-refractivity contribution in [2.24, 2.45) is 7.05 Å². The monoisotopic (exact) mass is 473 g/mol. The van der Waals surface area contributed by atoms with E-state index >= 15 is 0 Å². The number of amides is 2. The Morgan fingerprint density at radius 3 is 2.44 bits per heavy atom. The smallest absolute Gasteiger partial charge is 0.390 e. The average Bonchev–Trinajstić information content (AvgIpc) is 3.46. The van der Waals surface area contributed by atoms with Gasteiger partial charge in [0.1, 0.15) is 5.54 Å². The van der Waals surface area contributed by atoms with Crippen molar-refractivity contribution in [1.82, 2.24) is 20.2 Å². The number of nitrogens with zero attached hydrogens (tertiary/aromatic N) is 2. The second-order valence-electron chi connectivity index (χ2n) is 8.02. The number of rotatable bonds is 7. The van der Waals surface area contributed by atoms with E-state index in [2.05, 4.69) is 20.9 Å². The number of aryl methyl sites for hydroxylation is 1. The van der Waals surface area contributed by atoms with E-state index in [0.29, 0.717) is 18.5 Å². The third-order valence-electron chi connectivity index (χ3n) is 5.32. The van der Waals surface area contributed by atoms with Crippen LogP contribution >= 0.6 is 0 Å². The van der Waals surface area contributed by atoms with Crippen LogP contribution in [0.25, 0.3) is 0 Å². The minimum atomic E-state index is -4.47. The molecule has 1 saturated carbocycles. The average molecular weight is 473 g/mol. The first kappa shape index (κ1) is 23.1. The maximum absolute atomic E-state index is 13.2. The van der Waals surface area contributed by atoms with Crippen LogP contribution in [0.4, 0.5) is 29.3 Å². The van der Waals surface area contributed by atoms with E-state index in [9.17, 15) is 22.8 Å². The van der Waals surface area contributed by atoms with Gasteiger partial charge in [-0.1, -0.05) is 24.3 Å². The molecule has 0 spiro atoms. The molecule has 0 bridgehead atoms. The molecule has 0 unspecified atom stereocenters. The Morgan fingerprint density at radius 2 is 1.82 bits per heavy atom. The summed E-state index contributed by atoms with van der Waals surface area (Å²) in [5.41, 5.74) is -0.598. The molecule has 8 nitrogen and oxygen atoms in total. The summed E-state index contributed by atoms with van der Waals surface area (Å²) in [5.74, 6) is -0.213. The summed E-state index contributed by atoms with van der Waals surface area (Å²) in [4.78, 5) is 28.6. The number of imidazole rings is 1. The molecule has 11 heteroatoms. The van der Waals surface area contributed by atoms with Gasteiger partial charge in [0, 0.05) is 19.3 Å². The number of benzene rings is 2. The third-order valence-corrected chi connectivity index (χ3v) is 5.32. The van der Waals surface area contributed by atoms with Gasteiger partial charge in [-0.3, -0.25) is 4.79 Å². The minimum absolute atomic E-state index is 0.0459. The van der Waals surface area contributed by atoms with Gasteiger partial charge in [0.2, 0.25) is 11.8 Å². The summed E-state index contributed by atoms with van der Waals surface area (Å²) in [6.45, 7) is 0.191. The zero-order valence-corrected chi connectivity index (χ0v) is 18.1. The van der Waals surface area contributed by atoms with Crippen molar-refractivity contribution < 1.29 is 27.5 Å². The third kappa shape index (κ3) is 5.48. The highest BCUT2D eigenvalue weighted by atomic mass is 19.4. The normalized spacial score (nSPS) is 14.2. The summed E-state index contributed by atoms with van der Waals surface area (Å²) in [6.07, 6.45) is -1.25. The number of halogens is 3. The standard InChI is InChI=1S/C23H22F3N5O3/c1-31-13-19(28-14-31)34-21(33)30-22(10-11-22)20(32)27-12-15-6-8-16(9-7-15)29-18-5-3-2-4-17(18)23(24,25)26/h2-9,13-14,29H,10-12H2,1H3,(H,27,32)(H,30,33). The van der Waals surface area contributed by atoms with Crippen molar-refractivity contribution in [3.63, 3.8) is 0 Å². The molecule has 3 aromatic rings. The number of anilines is 2. The number of carbonyl (C=O) groups is 2. The van der Waals surface area contributed by atoms with Crippen LogP contribution in [0.2, 0.25) is 0 Å². The lowest BCUT2D eigenvalue weighted by Crippen LogP contribution is -2.49. The Hall–Kier alpha value is -4.02. The molecule has 34 heavy (non-hydrogen) atoms. The Bertz CT molecular complexity index is 1190. The van der Waals surface area contributed by atoms with Crippen molar-refractivity contribution in [3.8, 4) is 5.88 Å². The quantitative estimate of drug-likeness (QED) is 0.480. The van der Waals surface area contributed by atoms with E-state index in [1.165, 1.54) is 30.7 Å². The predicted molar refractivity (Wildman–Crippen MR) is 117 cm³/mol. The van der Waals surface area contributed by atoms with E-state index in [1.54, 1.807) is 35.9 Å². The van der Waals surface area contributed by atoms with Gasteiger partial charge in [-0.2, -0.15) is 13.2 Å². The SMILES string of the molecule is Cn1cnc(OC(=O)NC2(C(=O)NCc3ccc(Nc4ccccc4C(F)(F)F)cc3)CC2)c1. The molecule has 4 rings (SSSR count). The molecule has 1 aromatic heterocycles. The Balaban J connectivity index is 1.30. The number of aromatic nitrogens is 2. The highest BCUT2D eigenvalue weighted by Gasteiger charge is 2.51. The second-order valence-corrected chi connectivity index (χ2v) is 8.02. The van der Waals surface area contributed by atoms with E-state index in [-0.39, 0.29) is 24.0 Å². The Kier molecular flexibility index (Phi) is 6.18. The first-order valence-corrected chi connectivity index (χ1v) is 10.4. The topological polar surface area (TPSA) is 97.3 Å². The van der Waals surface area contributed by atoms with Gasteiger partial charge >= 0.3 is 12.3 Å². The molecule has 3 N–H and O–H groups in total. The van der Waals surface area contributed by atoms with Gasteiger partial charge in [0.25, 0.3) is 0 Å². The van der Waals surface area contributed by atoms with Crippen LogP contribution in [0, 0.1) is 0 Å². The van der Waals surface area contributed by atoms with Crippen LogP contribution < -0.4 is 20.7 Å². The predicted octanol–water partition coefficient (Wildman–Crippen LogP) is 4.12. The lowest BCUT2D eigenvalue weighted by molar-refractivity contribution is -0.137. The van der Waals surface area contributed by atoms with Gasteiger partial charge in [-0.25, -0.2) is 9.78 Å². The summed E-state index contributed by atoms with van der Waals surface area (Å²) in [7, 11) is 1.73. The van der Waals surface area contributed by atoms with Crippen LogP contribution in [0.3, 0.4) is 0 Å². The zero-order valence-electron chi connectivity index (χ0n) is 18.1. The zero-order chi connectivity index (χ0) is 24.3.